The fourth-order valence-electron chi connectivity index (χ4n) is 3.17. The highest BCUT2D eigenvalue weighted by molar-refractivity contribution is 7.07. The molecule has 1 fully saturated rings. The van der Waals surface area contributed by atoms with E-state index in [9.17, 15) is 4.79 Å². The molecule has 0 N–H and O–H groups in total. The summed E-state index contributed by atoms with van der Waals surface area (Å²) in [5.74, 6) is 1.39. The summed E-state index contributed by atoms with van der Waals surface area (Å²) >= 11 is 1.67. The molecule has 4 nitrogen and oxygen atoms in total. The number of hydrogen-bond acceptors (Lipinski definition) is 4. The van der Waals surface area contributed by atoms with E-state index in [4.69, 9.17) is 9.47 Å². The molecule has 1 aromatic carbocycles. The summed E-state index contributed by atoms with van der Waals surface area (Å²) in [5, 5.41) is 4.19. The van der Waals surface area contributed by atoms with Gasteiger partial charge in [-0.3, -0.25) is 4.79 Å². The van der Waals surface area contributed by atoms with Gasteiger partial charge >= 0.3 is 0 Å². The highest BCUT2D eigenvalue weighted by atomic mass is 32.1. The Morgan fingerprint density at radius 1 is 1.23 bits per heavy atom. The molecule has 2 aliphatic rings. The van der Waals surface area contributed by atoms with Crippen molar-refractivity contribution >= 4 is 17.2 Å². The van der Waals surface area contributed by atoms with Crippen LogP contribution in [-0.2, 0) is 4.79 Å². The Bertz CT molecular complexity index is 670. The van der Waals surface area contributed by atoms with Crippen molar-refractivity contribution in [3.05, 3.63) is 46.7 Å². The van der Waals surface area contributed by atoms with Gasteiger partial charge in [0, 0.05) is 6.54 Å². The molecule has 114 valence electrons. The van der Waals surface area contributed by atoms with Gasteiger partial charge in [-0.15, -0.1) is 0 Å². The predicted molar refractivity (Wildman–Crippen MR) is 84.4 cm³/mol. The monoisotopic (exact) mass is 315 g/mol. The molecule has 2 atom stereocenters. The molecule has 0 bridgehead atoms. The molecule has 0 aliphatic carbocycles. The van der Waals surface area contributed by atoms with Gasteiger partial charge in [0.1, 0.15) is 6.61 Å². The van der Waals surface area contributed by atoms with Crippen LogP contribution in [0.25, 0.3) is 0 Å². The number of benzene rings is 1. The van der Waals surface area contributed by atoms with E-state index < -0.39 is 6.10 Å². The third kappa shape index (κ3) is 2.35. The second-order valence-corrected chi connectivity index (χ2v) is 6.39. The lowest BCUT2D eigenvalue weighted by atomic mass is 10.1. The molecular weight excluding hydrogens is 298 g/mol. The molecule has 2 aromatic rings. The number of nitrogens with zero attached hydrogens (tertiary/aromatic N) is 1. The molecule has 3 heterocycles. The first-order chi connectivity index (χ1) is 10.8. The zero-order valence-corrected chi connectivity index (χ0v) is 12.9. The lowest BCUT2D eigenvalue weighted by Gasteiger charge is -2.31. The number of carbonyl (C=O) groups excluding carboxylic acids is 1. The normalized spacial score (nSPS) is 23.5. The first kappa shape index (κ1) is 13.6. The summed E-state index contributed by atoms with van der Waals surface area (Å²) in [6.07, 6.45) is 1.51. The number of amides is 1. The van der Waals surface area contributed by atoms with E-state index in [1.165, 1.54) is 5.56 Å². The lowest BCUT2D eigenvalue weighted by Crippen LogP contribution is -2.46. The largest absolute Gasteiger partial charge is 0.485 e. The van der Waals surface area contributed by atoms with Crippen molar-refractivity contribution in [2.24, 2.45) is 0 Å². The topological polar surface area (TPSA) is 38.8 Å². The van der Waals surface area contributed by atoms with Crippen molar-refractivity contribution in [3.63, 3.8) is 0 Å². The van der Waals surface area contributed by atoms with E-state index in [1.807, 2.05) is 29.2 Å². The van der Waals surface area contributed by atoms with E-state index in [2.05, 4.69) is 16.8 Å². The summed E-state index contributed by atoms with van der Waals surface area (Å²) in [6.45, 7) is 1.07. The van der Waals surface area contributed by atoms with Gasteiger partial charge in [0.25, 0.3) is 5.91 Å². The molecule has 1 aromatic heterocycles. The van der Waals surface area contributed by atoms with Crippen molar-refractivity contribution in [2.75, 3.05) is 13.2 Å². The quantitative estimate of drug-likeness (QED) is 0.854. The molecule has 0 saturated carbocycles. The number of hydrogen-bond donors (Lipinski definition) is 0. The second kappa shape index (κ2) is 5.65. The maximum absolute atomic E-state index is 12.8. The highest BCUT2D eigenvalue weighted by Crippen LogP contribution is 2.36. The number of likely N-dealkylation sites (tertiary alicyclic amines) is 1. The molecule has 0 radical (unpaired) electrons. The Morgan fingerprint density at radius 3 is 2.91 bits per heavy atom. The van der Waals surface area contributed by atoms with Gasteiger partial charge in [-0.2, -0.15) is 11.3 Å². The molecule has 1 amide bonds. The minimum Gasteiger partial charge on any atom is -0.485 e. The van der Waals surface area contributed by atoms with Crippen LogP contribution >= 0.6 is 11.3 Å². The highest BCUT2D eigenvalue weighted by Gasteiger charge is 2.37. The number of para-hydroxylation sites is 2. The molecule has 0 spiro atoms. The van der Waals surface area contributed by atoms with Crippen LogP contribution in [0.3, 0.4) is 0 Å². The van der Waals surface area contributed by atoms with Gasteiger partial charge in [-0.1, -0.05) is 12.1 Å². The minimum atomic E-state index is -0.547. The number of thiophene rings is 1. The van der Waals surface area contributed by atoms with Crippen LogP contribution in [0.15, 0.2) is 41.1 Å². The molecule has 4 rings (SSSR count). The van der Waals surface area contributed by atoms with Crippen LogP contribution < -0.4 is 9.47 Å². The number of fused-ring (bicyclic) bond motifs is 1. The van der Waals surface area contributed by atoms with Gasteiger partial charge in [-0.05, 0) is 47.4 Å². The summed E-state index contributed by atoms with van der Waals surface area (Å²) < 4.78 is 11.5. The third-order valence-electron chi connectivity index (χ3n) is 4.25. The molecule has 2 unspecified atom stereocenters. The molecule has 5 heteroatoms. The van der Waals surface area contributed by atoms with Crippen LogP contribution in [0.2, 0.25) is 0 Å². The summed E-state index contributed by atoms with van der Waals surface area (Å²) in [6, 6.07) is 9.78. The Morgan fingerprint density at radius 2 is 2.09 bits per heavy atom. The van der Waals surface area contributed by atoms with Crippen molar-refractivity contribution in [2.45, 2.75) is 25.0 Å². The Kier molecular flexibility index (Phi) is 3.50. The van der Waals surface area contributed by atoms with Crippen LogP contribution in [0.4, 0.5) is 0 Å². The zero-order chi connectivity index (χ0) is 14.9. The maximum atomic E-state index is 12.8. The fraction of sp³-hybridized carbons (Fsp3) is 0.353. The van der Waals surface area contributed by atoms with E-state index in [0.29, 0.717) is 11.5 Å². The van der Waals surface area contributed by atoms with Crippen molar-refractivity contribution < 1.29 is 14.3 Å². The van der Waals surface area contributed by atoms with Crippen LogP contribution in [0.1, 0.15) is 24.4 Å². The zero-order valence-electron chi connectivity index (χ0n) is 12.1. The number of carbonyl (C=O) groups is 1. The Labute approximate surface area is 133 Å². The van der Waals surface area contributed by atoms with Gasteiger partial charge in [0.05, 0.1) is 6.04 Å². The summed E-state index contributed by atoms with van der Waals surface area (Å²) in [4.78, 5) is 14.8. The van der Waals surface area contributed by atoms with Crippen molar-refractivity contribution in [1.29, 1.82) is 0 Å². The third-order valence-corrected chi connectivity index (χ3v) is 4.95. The number of rotatable bonds is 2. The first-order valence-electron chi connectivity index (χ1n) is 7.54. The maximum Gasteiger partial charge on any atom is 0.267 e. The molecule has 1 saturated heterocycles. The summed E-state index contributed by atoms with van der Waals surface area (Å²) in [5.41, 5.74) is 1.23. The van der Waals surface area contributed by atoms with Crippen LogP contribution in [0.5, 0.6) is 11.5 Å². The SMILES string of the molecule is O=C(C1COc2ccccc2O1)N1CCCC1c1ccsc1. The Balaban J connectivity index is 1.52. The average molecular weight is 315 g/mol. The van der Waals surface area contributed by atoms with Gasteiger partial charge in [-0.25, -0.2) is 0 Å². The second-order valence-electron chi connectivity index (χ2n) is 5.61. The fourth-order valence-corrected chi connectivity index (χ4v) is 3.87. The van der Waals surface area contributed by atoms with E-state index >= 15 is 0 Å². The molecule has 22 heavy (non-hydrogen) atoms. The average Bonchev–Trinajstić information content (AvgIpc) is 3.24. The Hall–Kier alpha value is -2.01. The van der Waals surface area contributed by atoms with Crippen molar-refractivity contribution in [3.8, 4) is 11.5 Å². The van der Waals surface area contributed by atoms with Gasteiger partial charge in [0.2, 0.25) is 6.10 Å². The van der Waals surface area contributed by atoms with Gasteiger partial charge < -0.3 is 14.4 Å². The standard InChI is InChI=1S/C17H17NO3S/c19-17(16-10-20-14-5-1-2-6-15(14)21-16)18-8-3-4-13(18)12-7-9-22-11-12/h1-2,5-7,9,11,13,16H,3-4,8,10H2. The smallest absolute Gasteiger partial charge is 0.267 e. The van der Waals surface area contributed by atoms with E-state index in [0.717, 1.165) is 19.4 Å². The minimum absolute atomic E-state index is 0.0307. The van der Waals surface area contributed by atoms with Crippen LogP contribution in [0, 0.1) is 0 Å². The van der Waals surface area contributed by atoms with Gasteiger partial charge in [0.15, 0.2) is 11.5 Å². The van der Waals surface area contributed by atoms with E-state index in [-0.39, 0.29) is 18.6 Å². The predicted octanol–water partition coefficient (Wildman–Crippen LogP) is 3.25. The first-order valence-corrected chi connectivity index (χ1v) is 8.48. The number of ether oxygens (including phenoxy) is 2. The lowest BCUT2D eigenvalue weighted by molar-refractivity contribution is -0.142. The summed E-state index contributed by atoms with van der Waals surface area (Å²) in [7, 11) is 0. The van der Waals surface area contributed by atoms with Crippen molar-refractivity contribution in [1.82, 2.24) is 4.90 Å². The van der Waals surface area contributed by atoms with E-state index in [1.54, 1.807) is 11.3 Å². The molecule has 2 aliphatic heterocycles. The van der Waals surface area contributed by atoms with Crippen LogP contribution in [-0.4, -0.2) is 30.1 Å². The molecular formula is C17H17NO3S.